The van der Waals surface area contributed by atoms with Crippen LogP contribution in [0.15, 0.2) is 79.3 Å². The van der Waals surface area contributed by atoms with Crippen molar-refractivity contribution in [3.05, 3.63) is 102 Å². The third-order valence-electron chi connectivity index (χ3n) is 9.06. The second-order valence-electron chi connectivity index (χ2n) is 12.3. The number of rotatable bonds is 16. The minimum Gasteiger partial charge on any atom is -0.409 e. The first-order valence-electron chi connectivity index (χ1n) is 17.7. The molecule has 3 amide bonds. The zero-order valence-corrected chi connectivity index (χ0v) is 31.0. The molecule has 1 heterocycles. The number of ether oxygens (including phenoxy) is 1. The molecule has 0 fully saturated rings. The molecule has 0 radical (unpaired) electrons. The Balaban J connectivity index is 1.73. The molecule has 0 aliphatic rings. The summed E-state index contributed by atoms with van der Waals surface area (Å²) < 4.78 is 6.06. The number of aryl methyl sites for hydroxylation is 3. The van der Waals surface area contributed by atoms with Crippen molar-refractivity contribution in [3.8, 4) is 5.75 Å². The van der Waals surface area contributed by atoms with Crippen LogP contribution in [-0.2, 0) is 11.2 Å². The van der Waals surface area contributed by atoms with Crippen LogP contribution in [0.3, 0.4) is 0 Å². The van der Waals surface area contributed by atoms with Gasteiger partial charge >= 0.3 is 6.09 Å². The Bertz CT molecular complexity index is 1740. The number of nitrogens with zero attached hydrogens (tertiary/aromatic N) is 6. The molecule has 0 saturated heterocycles. The van der Waals surface area contributed by atoms with Gasteiger partial charge in [-0.15, -0.1) is 0 Å². The number of hydrogen-bond donors (Lipinski definition) is 1. The lowest BCUT2D eigenvalue weighted by atomic mass is 10.0. The van der Waals surface area contributed by atoms with Crippen LogP contribution in [0.1, 0.15) is 61.2 Å². The van der Waals surface area contributed by atoms with Gasteiger partial charge in [-0.3, -0.25) is 9.59 Å². The highest BCUT2D eigenvalue weighted by Crippen LogP contribution is 2.38. The van der Waals surface area contributed by atoms with Crippen molar-refractivity contribution in [2.24, 2.45) is 0 Å². The normalized spacial score (nSPS) is 10.9. The Hall–Kier alpha value is -5.29. The third-order valence-corrected chi connectivity index (χ3v) is 9.06. The van der Waals surface area contributed by atoms with Crippen LogP contribution in [0.2, 0.25) is 0 Å². The van der Waals surface area contributed by atoms with Gasteiger partial charge in [0.2, 0.25) is 5.91 Å². The van der Waals surface area contributed by atoms with E-state index in [0.717, 1.165) is 36.3 Å². The summed E-state index contributed by atoms with van der Waals surface area (Å²) in [6.45, 7) is 16.5. The summed E-state index contributed by atoms with van der Waals surface area (Å²) in [5, 5.41) is 3.52. The fourth-order valence-electron chi connectivity index (χ4n) is 5.92. The van der Waals surface area contributed by atoms with Gasteiger partial charge in [-0.05, 0) is 100 Å². The van der Waals surface area contributed by atoms with Crippen LogP contribution >= 0.6 is 0 Å². The molecule has 1 N–H and O–H groups in total. The van der Waals surface area contributed by atoms with Crippen molar-refractivity contribution in [2.45, 2.75) is 54.4 Å². The van der Waals surface area contributed by atoms with Gasteiger partial charge in [-0.25, -0.2) is 19.7 Å². The summed E-state index contributed by atoms with van der Waals surface area (Å²) in [6, 6.07) is 20.2. The summed E-state index contributed by atoms with van der Waals surface area (Å²) in [4.78, 5) is 56.3. The molecule has 0 saturated carbocycles. The van der Waals surface area contributed by atoms with E-state index in [0.29, 0.717) is 60.2 Å². The van der Waals surface area contributed by atoms with E-state index < -0.39 is 6.09 Å². The third kappa shape index (κ3) is 9.91. The molecule has 0 aliphatic carbocycles. The minimum atomic E-state index is -0.654. The van der Waals surface area contributed by atoms with Crippen LogP contribution < -0.4 is 15.0 Å². The van der Waals surface area contributed by atoms with Gasteiger partial charge in [-0.1, -0.05) is 44.2 Å². The van der Waals surface area contributed by atoms with E-state index in [1.165, 1.54) is 11.2 Å². The quantitative estimate of drug-likeness (QED) is 0.129. The largest absolute Gasteiger partial charge is 0.425 e. The lowest BCUT2D eigenvalue weighted by molar-refractivity contribution is -0.130. The van der Waals surface area contributed by atoms with Gasteiger partial charge in [-0.2, -0.15) is 0 Å². The van der Waals surface area contributed by atoms with Gasteiger partial charge < -0.3 is 24.8 Å². The SMILES string of the molecule is CCN(CC)CCN(C)C(=O)c1ccc(Nc2c(CCC(=O)N(CC)CC)cccc2N(C(=O)Oc2c(C)cccc2C)c2ccncn2)cc1. The molecular formula is C40H51N7O4. The molecule has 270 valence electrons. The second-order valence-corrected chi connectivity index (χ2v) is 12.3. The summed E-state index contributed by atoms with van der Waals surface area (Å²) in [5.41, 5.74) is 4.82. The van der Waals surface area contributed by atoms with E-state index in [9.17, 15) is 14.4 Å². The molecule has 1 aromatic heterocycles. The molecule has 51 heavy (non-hydrogen) atoms. The number of aromatic nitrogens is 2. The predicted molar refractivity (Wildman–Crippen MR) is 203 cm³/mol. The predicted octanol–water partition coefficient (Wildman–Crippen LogP) is 7.39. The number of hydrogen-bond acceptors (Lipinski definition) is 8. The molecule has 4 rings (SSSR count). The Labute approximate surface area is 302 Å². The Kier molecular flexibility index (Phi) is 14.1. The highest BCUT2D eigenvalue weighted by Gasteiger charge is 2.27. The lowest BCUT2D eigenvalue weighted by Gasteiger charge is -2.26. The number of carbonyl (C=O) groups excluding carboxylic acids is 3. The van der Waals surface area contributed by atoms with Crippen molar-refractivity contribution >= 4 is 40.8 Å². The minimum absolute atomic E-state index is 0.0476. The second kappa shape index (κ2) is 18.6. The van der Waals surface area contributed by atoms with Gasteiger partial charge in [0.1, 0.15) is 17.9 Å². The molecule has 3 aromatic carbocycles. The van der Waals surface area contributed by atoms with Crippen LogP contribution in [0.25, 0.3) is 0 Å². The van der Waals surface area contributed by atoms with E-state index in [1.54, 1.807) is 34.2 Å². The maximum absolute atomic E-state index is 14.2. The van der Waals surface area contributed by atoms with E-state index in [2.05, 4.69) is 34.0 Å². The van der Waals surface area contributed by atoms with Gasteiger partial charge in [0.25, 0.3) is 5.91 Å². The maximum atomic E-state index is 14.2. The average Bonchev–Trinajstić information content (AvgIpc) is 3.14. The van der Waals surface area contributed by atoms with E-state index in [1.807, 2.05) is 83.3 Å². The smallest absolute Gasteiger partial charge is 0.409 e. The zero-order chi connectivity index (χ0) is 36.9. The fourth-order valence-corrected chi connectivity index (χ4v) is 5.92. The van der Waals surface area contributed by atoms with Crippen LogP contribution in [0.5, 0.6) is 5.75 Å². The maximum Gasteiger partial charge on any atom is 0.425 e. The number of carbonyl (C=O) groups is 3. The highest BCUT2D eigenvalue weighted by molar-refractivity contribution is 6.01. The molecule has 0 aliphatic heterocycles. The number of benzene rings is 3. The number of nitrogens with one attached hydrogen (secondary N) is 1. The molecule has 0 atom stereocenters. The van der Waals surface area contributed by atoms with Crippen LogP contribution in [0.4, 0.5) is 27.7 Å². The van der Waals surface area contributed by atoms with Crippen molar-refractivity contribution in [3.63, 3.8) is 0 Å². The van der Waals surface area contributed by atoms with Gasteiger partial charge in [0, 0.05) is 57.1 Å². The van der Waals surface area contributed by atoms with E-state index >= 15 is 0 Å². The lowest BCUT2D eigenvalue weighted by Crippen LogP contribution is -2.36. The first kappa shape index (κ1) is 38.5. The van der Waals surface area contributed by atoms with Gasteiger partial charge in [0.05, 0.1) is 11.4 Å². The first-order chi connectivity index (χ1) is 24.6. The molecule has 0 unspecified atom stereocenters. The Morgan fingerprint density at radius 1 is 0.804 bits per heavy atom. The summed E-state index contributed by atoms with van der Waals surface area (Å²) in [5.74, 6) is 0.772. The number of likely N-dealkylation sites (N-methyl/N-ethyl adjacent to an activating group) is 2. The molecule has 11 nitrogen and oxygen atoms in total. The van der Waals surface area contributed by atoms with Crippen LogP contribution in [-0.4, -0.2) is 88.9 Å². The van der Waals surface area contributed by atoms with E-state index in [-0.39, 0.29) is 18.2 Å². The fraction of sp³-hybridized carbons (Fsp3) is 0.375. The van der Waals surface area contributed by atoms with Gasteiger partial charge in [0.15, 0.2) is 0 Å². The van der Waals surface area contributed by atoms with E-state index in [4.69, 9.17) is 4.74 Å². The molecular weight excluding hydrogens is 642 g/mol. The zero-order valence-electron chi connectivity index (χ0n) is 31.0. The monoisotopic (exact) mass is 693 g/mol. The number of anilines is 4. The average molecular weight is 694 g/mol. The molecule has 0 bridgehead atoms. The number of amides is 3. The molecule has 4 aromatic rings. The standard InChI is InChI=1S/C40H51N7O4/c1-8-45(9-2)27-26-44(7)39(49)32-18-21-33(22-19-32)43-37-31(20-23-36(48)46(10-3)11-4)16-13-17-34(37)47(35-24-25-41-28-42-35)40(50)51-38-29(5)14-12-15-30(38)6/h12-19,21-22,24-25,28,43H,8-11,20,23,26-27H2,1-7H3. The van der Waals surface area contributed by atoms with Crippen molar-refractivity contribution in [1.29, 1.82) is 0 Å². The topological polar surface area (TPSA) is 111 Å². The Morgan fingerprint density at radius 2 is 1.47 bits per heavy atom. The summed E-state index contributed by atoms with van der Waals surface area (Å²) in [6.07, 6.45) is 2.99. The van der Waals surface area contributed by atoms with Crippen molar-refractivity contribution < 1.29 is 19.1 Å². The first-order valence-corrected chi connectivity index (χ1v) is 17.7. The summed E-state index contributed by atoms with van der Waals surface area (Å²) >= 11 is 0. The van der Waals surface area contributed by atoms with Crippen LogP contribution in [0, 0.1) is 13.8 Å². The van der Waals surface area contributed by atoms with Crippen molar-refractivity contribution in [2.75, 3.05) is 56.5 Å². The highest BCUT2D eigenvalue weighted by atomic mass is 16.6. The summed E-state index contributed by atoms with van der Waals surface area (Å²) in [7, 11) is 1.82. The molecule has 11 heteroatoms. The Morgan fingerprint density at radius 3 is 2.08 bits per heavy atom. The number of para-hydroxylation sites is 2. The molecule has 0 spiro atoms. The van der Waals surface area contributed by atoms with Crippen molar-refractivity contribution in [1.82, 2.24) is 24.7 Å².